The Bertz CT molecular complexity index is 694. The molecule has 0 unspecified atom stereocenters. The van der Waals surface area contributed by atoms with E-state index in [9.17, 15) is 4.79 Å². The molecule has 4 nitrogen and oxygen atoms in total. The van der Waals surface area contributed by atoms with Crippen LogP contribution in [-0.2, 0) is 0 Å². The predicted molar refractivity (Wildman–Crippen MR) is 85.4 cm³/mol. The number of carbonyl (C=O) groups is 1. The van der Waals surface area contributed by atoms with Gasteiger partial charge in [0, 0.05) is 17.5 Å². The van der Waals surface area contributed by atoms with Crippen molar-refractivity contribution < 1.29 is 4.79 Å². The van der Waals surface area contributed by atoms with Gasteiger partial charge in [-0.1, -0.05) is 18.2 Å². The molecule has 1 aromatic heterocycles. The van der Waals surface area contributed by atoms with Gasteiger partial charge in [-0.05, 0) is 50.7 Å². The van der Waals surface area contributed by atoms with Gasteiger partial charge in [0.15, 0.2) is 0 Å². The quantitative estimate of drug-likeness (QED) is 0.890. The zero-order valence-electron chi connectivity index (χ0n) is 12.7. The lowest BCUT2D eigenvalue weighted by molar-refractivity contribution is 0.0987. The van der Waals surface area contributed by atoms with Crippen LogP contribution in [0.2, 0.25) is 0 Å². The van der Waals surface area contributed by atoms with Crippen molar-refractivity contribution in [2.24, 2.45) is 11.5 Å². The van der Waals surface area contributed by atoms with Crippen LogP contribution in [0.5, 0.6) is 0 Å². The second-order valence-electron chi connectivity index (χ2n) is 6.25. The van der Waals surface area contributed by atoms with Crippen molar-refractivity contribution >= 4 is 16.8 Å². The van der Waals surface area contributed by atoms with Gasteiger partial charge in [0.2, 0.25) is 0 Å². The summed E-state index contributed by atoms with van der Waals surface area (Å²) >= 11 is 0. The van der Waals surface area contributed by atoms with Gasteiger partial charge in [0.25, 0.3) is 5.91 Å². The number of para-hydroxylation sites is 1. The van der Waals surface area contributed by atoms with E-state index in [1.165, 1.54) is 5.56 Å². The molecule has 1 fully saturated rings. The van der Waals surface area contributed by atoms with Crippen LogP contribution in [-0.4, -0.2) is 16.5 Å². The number of fused-ring (bicyclic) bond motifs is 1. The Hall–Kier alpha value is -1.81. The third-order valence-electron chi connectivity index (χ3n) is 4.82. The first-order valence-corrected chi connectivity index (χ1v) is 7.66. The number of rotatable bonds is 2. The lowest BCUT2D eigenvalue weighted by Gasteiger charge is -2.29. The second kappa shape index (κ2) is 5.19. The standard InChI is InChI=1S/C17H23N3O/c1-10-4-3-5-14-11(2)16(17(19)21)20(15(10)14)13-8-6-12(18)7-9-13/h3-5,12-13H,6-9,18H2,1-2H3,(H2,19,21). The number of aryl methyl sites for hydroxylation is 2. The fraction of sp³-hybridized carbons (Fsp3) is 0.471. The van der Waals surface area contributed by atoms with Crippen molar-refractivity contribution in [3.8, 4) is 0 Å². The van der Waals surface area contributed by atoms with E-state index in [2.05, 4.69) is 23.6 Å². The molecular weight excluding hydrogens is 262 g/mol. The molecule has 0 radical (unpaired) electrons. The van der Waals surface area contributed by atoms with Crippen LogP contribution in [0.25, 0.3) is 10.9 Å². The third-order valence-corrected chi connectivity index (χ3v) is 4.82. The van der Waals surface area contributed by atoms with E-state index in [4.69, 9.17) is 11.5 Å². The van der Waals surface area contributed by atoms with Crippen molar-refractivity contribution in [2.45, 2.75) is 51.6 Å². The molecule has 1 aromatic carbocycles. The molecule has 112 valence electrons. The molecule has 0 spiro atoms. The molecule has 0 saturated heterocycles. The molecule has 1 aliphatic carbocycles. The Labute approximate surface area is 125 Å². The molecule has 1 aliphatic rings. The summed E-state index contributed by atoms with van der Waals surface area (Å²) in [6.45, 7) is 4.09. The van der Waals surface area contributed by atoms with Crippen LogP contribution in [0.15, 0.2) is 18.2 Å². The largest absolute Gasteiger partial charge is 0.364 e. The highest BCUT2D eigenvalue weighted by Crippen LogP contribution is 2.36. The first-order chi connectivity index (χ1) is 10.0. The van der Waals surface area contributed by atoms with Crippen LogP contribution in [0.4, 0.5) is 0 Å². The number of nitrogens with zero attached hydrogens (tertiary/aromatic N) is 1. The maximum atomic E-state index is 12.0. The van der Waals surface area contributed by atoms with Gasteiger partial charge in [0.05, 0.1) is 5.52 Å². The van der Waals surface area contributed by atoms with Crippen LogP contribution in [0.3, 0.4) is 0 Å². The number of primary amides is 1. The minimum absolute atomic E-state index is 0.294. The van der Waals surface area contributed by atoms with Gasteiger partial charge in [-0.15, -0.1) is 0 Å². The summed E-state index contributed by atoms with van der Waals surface area (Å²) in [6, 6.07) is 6.83. The van der Waals surface area contributed by atoms with Crippen LogP contribution >= 0.6 is 0 Å². The summed E-state index contributed by atoms with van der Waals surface area (Å²) in [6.07, 6.45) is 4.04. The zero-order valence-corrected chi connectivity index (χ0v) is 12.7. The molecule has 0 bridgehead atoms. The highest BCUT2D eigenvalue weighted by atomic mass is 16.1. The van der Waals surface area contributed by atoms with E-state index < -0.39 is 0 Å². The Balaban J connectivity index is 2.24. The van der Waals surface area contributed by atoms with Crippen molar-refractivity contribution in [3.05, 3.63) is 35.0 Å². The molecule has 21 heavy (non-hydrogen) atoms. The van der Waals surface area contributed by atoms with Crippen molar-refractivity contribution in [2.75, 3.05) is 0 Å². The topological polar surface area (TPSA) is 74.0 Å². The number of nitrogens with two attached hydrogens (primary N) is 2. The normalized spacial score (nSPS) is 22.6. The van der Waals surface area contributed by atoms with Gasteiger partial charge in [-0.25, -0.2) is 0 Å². The summed E-state index contributed by atoms with van der Waals surface area (Å²) in [5.74, 6) is -0.335. The van der Waals surface area contributed by atoms with Crippen molar-refractivity contribution in [1.82, 2.24) is 4.57 Å². The fourth-order valence-corrected chi connectivity index (χ4v) is 3.73. The smallest absolute Gasteiger partial charge is 0.265 e. The minimum Gasteiger partial charge on any atom is -0.364 e. The molecule has 0 aliphatic heterocycles. The Morgan fingerprint density at radius 1 is 1.19 bits per heavy atom. The maximum absolute atomic E-state index is 12.0. The van der Waals surface area contributed by atoms with Crippen LogP contribution in [0, 0.1) is 13.8 Å². The zero-order chi connectivity index (χ0) is 15.1. The number of hydrogen-bond acceptors (Lipinski definition) is 2. The second-order valence-corrected chi connectivity index (χ2v) is 6.25. The Kier molecular flexibility index (Phi) is 3.49. The average molecular weight is 285 g/mol. The van der Waals surface area contributed by atoms with Crippen molar-refractivity contribution in [3.63, 3.8) is 0 Å². The monoisotopic (exact) mass is 285 g/mol. The average Bonchev–Trinajstić information content (AvgIpc) is 2.75. The molecule has 1 heterocycles. The summed E-state index contributed by atoms with van der Waals surface area (Å²) in [5.41, 5.74) is 15.7. The lowest BCUT2D eigenvalue weighted by Crippen LogP contribution is -2.30. The number of amides is 1. The van der Waals surface area contributed by atoms with E-state index in [0.717, 1.165) is 42.1 Å². The number of hydrogen-bond donors (Lipinski definition) is 2. The third kappa shape index (κ3) is 2.23. The van der Waals surface area contributed by atoms with Gasteiger partial charge in [-0.3, -0.25) is 4.79 Å². The fourth-order valence-electron chi connectivity index (χ4n) is 3.73. The lowest BCUT2D eigenvalue weighted by atomic mass is 9.91. The molecule has 0 atom stereocenters. The SMILES string of the molecule is Cc1c(C(N)=O)n(C2CCC(N)CC2)c2c(C)cccc12. The van der Waals surface area contributed by atoms with Gasteiger partial charge in [-0.2, -0.15) is 0 Å². The van der Waals surface area contributed by atoms with Crippen molar-refractivity contribution in [1.29, 1.82) is 0 Å². The van der Waals surface area contributed by atoms with E-state index in [1.54, 1.807) is 0 Å². The van der Waals surface area contributed by atoms with Gasteiger partial charge >= 0.3 is 0 Å². The first kappa shape index (κ1) is 14.1. The molecule has 3 rings (SSSR count). The van der Waals surface area contributed by atoms with E-state index in [1.807, 2.05) is 13.0 Å². The maximum Gasteiger partial charge on any atom is 0.265 e. The summed E-state index contributed by atoms with van der Waals surface area (Å²) < 4.78 is 2.19. The van der Waals surface area contributed by atoms with E-state index in [0.29, 0.717) is 17.8 Å². The highest BCUT2D eigenvalue weighted by molar-refractivity contribution is 6.01. The van der Waals surface area contributed by atoms with E-state index in [-0.39, 0.29) is 5.91 Å². The number of benzene rings is 1. The molecular formula is C17H23N3O. The summed E-state index contributed by atoms with van der Waals surface area (Å²) in [4.78, 5) is 12.0. The molecule has 2 aromatic rings. The Morgan fingerprint density at radius 3 is 2.48 bits per heavy atom. The molecule has 1 saturated carbocycles. The van der Waals surface area contributed by atoms with Gasteiger partial charge < -0.3 is 16.0 Å². The summed E-state index contributed by atoms with van der Waals surface area (Å²) in [5, 5.41) is 1.14. The molecule has 4 heteroatoms. The minimum atomic E-state index is -0.335. The van der Waals surface area contributed by atoms with E-state index >= 15 is 0 Å². The van der Waals surface area contributed by atoms with Crippen LogP contribution in [0.1, 0.15) is 53.3 Å². The van der Waals surface area contributed by atoms with Crippen LogP contribution < -0.4 is 11.5 Å². The number of carbonyl (C=O) groups excluding carboxylic acids is 1. The number of aromatic nitrogens is 1. The predicted octanol–water partition coefficient (Wildman–Crippen LogP) is 2.80. The molecule has 1 amide bonds. The van der Waals surface area contributed by atoms with Gasteiger partial charge in [0.1, 0.15) is 5.69 Å². The summed E-state index contributed by atoms with van der Waals surface area (Å²) in [7, 11) is 0. The Morgan fingerprint density at radius 2 is 1.86 bits per heavy atom. The first-order valence-electron chi connectivity index (χ1n) is 7.66. The highest BCUT2D eigenvalue weighted by Gasteiger charge is 2.27. The molecule has 4 N–H and O–H groups in total.